The van der Waals surface area contributed by atoms with E-state index in [4.69, 9.17) is 14.6 Å². The van der Waals surface area contributed by atoms with Gasteiger partial charge in [0.05, 0.1) is 13.2 Å². The number of hydrogen-bond donors (Lipinski definition) is 2. The molecule has 0 aromatic heterocycles. The Balaban J connectivity index is 2.31. The predicted molar refractivity (Wildman–Crippen MR) is 81.6 cm³/mol. The molecule has 5 nitrogen and oxygen atoms in total. The Morgan fingerprint density at radius 1 is 1.38 bits per heavy atom. The highest BCUT2D eigenvalue weighted by Gasteiger charge is 2.29. The average Bonchev–Trinajstić information content (AvgIpc) is 2.47. The average molecular weight is 295 g/mol. The van der Waals surface area contributed by atoms with Crippen molar-refractivity contribution in [2.45, 2.75) is 38.3 Å². The molecule has 1 atom stereocenters. The van der Waals surface area contributed by atoms with Crippen LogP contribution in [0.4, 0.5) is 0 Å². The molecule has 1 aromatic carbocycles. The lowest BCUT2D eigenvalue weighted by Crippen LogP contribution is -2.47. The molecule has 0 spiro atoms. The number of aliphatic carboxylic acids is 1. The van der Waals surface area contributed by atoms with Gasteiger partial charge in [-0.3, -0.25) is 4.79 Å². The second kappa shape index (κ2) is 8.64. The molecule has 0 saturated heterocycles. The van der Waals surface area contributed by atoms with Gasteiger partial charge in [-0.05, 0) is 50.9 Å². The normalized spacial score (nSPS) is 13.7. The van der Waals surface area contributed by atoms with Crippen LogP contribution in [0.25, 0.3) is 0 Å². The standard InChI is InChI=1S/C16H25NO4/c1-16(17-2,15(18)19)9-4-5-10-21-14-8-6-7-13(11-14)12-20-3/h6-8,11,17H,4-5,9-10,12H2,1-3H3,(H,18,19). The fraction of sp³-hybridized carbons (Fsp3) is 0.562. The molecule has 0 radical (unpaired) electrons. The van der Waals surface area contributed by atoms with E-state index in [9.17, 15) is 4.79 Å². The van der Waals surface area contributed by atoms with Crippen molar-refractivity contribution in [2.75, 3.05) is 20.8 Å². The lowest BCUT2D eigenvalue weighted by molar-refractivity contribution is -0.144. The number of rotatable bonds is 10. The Morgan fingerprint density at radius 2 is 2.14 bits per heavy atom. The number of carboxylic acids is 1. The summed E-state index contributed by atoms with van der Waals surface area (Å²) in [6, 6.07) is 7.79. The first-order valence-corrected chi connectivity index (χ1v) is 7.15. The summed E-state index contributed by atoms with van der Waals surface area (Å²) in [6.45, 7) is 2.84. The smallest absolute Gasteiger partial charge is 0.323 e. The van der Waals surface area contributed by atoms with Gasteiger partial charge in [0.25, 0.3) is 0 Å². The van der Waals surface area contributed by atoms with Crippen molar-refractivity contribution in [3.8, 4) is 5.75 Å². The van der Waals surface area contributed by atoms with Crippen molar-refractivity contribution in [1.82, 2.24) is 5.32 Å². The van der Waals surface area contributed by atoms with E-state index < -0.39 is 11.5 Å². The largest absolute Gasteiger partial charge is 0.494 e. The van der Waals surface area contributed by atoms with E-state index in [2.05, 4.69) is 5.32 Å². The summed E-state index contributed by atoms with van der Waals surface area (Å²) in [5.74, 6) is -0.00246. The molecule has 0 saturated carbocycles. The number of unbranched alkanes of at least 4 members (excludes halogenated alkanes) is 1. The number of likely N-dealkylation sites (N-methyl/N-ethyl adjacent to an activating group) is 1. The first kappa shape index (κ1) is 17.5. The van der Waals surface area contributed by atoms with E-state index in [1.807, 2.05) is 24.3 Å². The molecule has 0 heterocycles. The number of ether oxygens (including phenoxy) is 2. The van der Waals surface area contributed by atoms with Gasteiger partial charge in [-0.1, -0.05) is 12.1 Å². The Bertz CT molecular complexity index is 450. The monoisotopic (exact) mass is 295 g/mol. The zero-order valence-electron chi connectivity index (χ0n) is 13.0. The summed E-state index contributed by atoms with van der Waals surface area (Å²) in [6.07, 6.45) is 2.19. The van der Waals surface area contributed by atoms with Gasteiger partial charge in [-0.15, -0.1) is 0 Å². The summed E-state index contributed by atoms with van der Waals surface area (Å²) in [5, 5.41) is 12.0. The van der Waals surface area contributed by atoms with Gasteiger partial charge in [-0.25, -0.2) is 0 Å². The third-order valence-corrected chi connectivity index (χ3v) is 3.57. The third kappa shape index (κ3) is 5.73. The summed E-state index contributed by atoms with van der Waals surface area (Å²) in [4.78, 5) is 11.1. The fourth-order valence-corrected chi connectivity index (χ4v) is 2.00. The number of methoxy groups -OCH3 is 1. The topological polar surface area (TPSA) is 67.8 Å². The second-order valence-corrected chi connectivity index (χ2v) is 5.27. The first-order valence-electron chi connectivity index (χ1n) is 7.15. The Hall–Kier alpha value is -1.59. The number of carboxylic acid groups (broad SMARTS) is 1. The lowest BCUT2D eigenvalue weighted by Gasteiger charge is -2.23. The Morgan fingerprint density at radius 3 is 2.76 bits per heavy atom. The van der Waals surface area contributed by atoms with Gasteiger partial charge >= 0.3 is 5.97 Å². The molecular weight excluding hydrogens is 270 g/mol. The van der Waals surface area contributed by atoms with E-state index in [1.165, 1.54) is 0 Å². The van der Waals surface area contributed by atoms with Crippen LogP contribution in [0.2, 0.25) is 0 Å². The van der Waals surface area contributed by atoms with Gasteiger partial charge < -0.3 is 19.9 Å². The van der Waals surface area contributed by atoms with E-state index in [1.54, 1.807) is 21.1 Å². The maximum Gasteiger partial charge on any atom is 0.323 e. The van der Waals surface area contributed by atoms with E-state index in [0.29, 0.717) is 19.6 Å². The molecule has 0 fully saturated rings. The van der Waals surface area contributed by atoms with Crippen LogP contribution in [0.15, 0.2) is 24.3 Å². The highest BCUT2D eigenvalue weighted by atomic mass is 16.5. The molecule has 1 aromatic rings. The highest BCUT2D eigenvalue weighted by Crippen LogP contribution is 2.16. The van der Waals surface area contributed by atoms with E-state index in [0.717, 1.165) is 24.2 Å². The molecule has 21 heavy (non-hydrogen) atoms. The first-order chi connectivity index (χ1) is 10.0. The van der Waals surface area contributed by atoms with Crippen molar-refractivity contribution in [3.63, 3.8) is 0 Å². The maximum absolute atomic E-state index is 11.1. The molecule has 2 N–H and O–H groups in total. The van der Waals surface area contributed by atoms with Crippen molar-refractivity contribution in [1.29, 1.82) is 0 Å². The van der Waals surface area contributed by atoms with Crippen molar-refractivity contribution < 1.29 is 19.4 Å². The molecule has 0 aliphatic carbocycles. The van der Waals surface area contributed by atoms with E-state index >= 15 is 0 Å². The molecule has 0 amide bonds. The lowest BCUT2D eigenvalue weighted by atomic mass is 9.95. The minimum atomic E-state index is -0.863. The quantitative estimate of drug-likeness (QED) is 0.649. The van der Waals surface area contributed by atoms with Crippen LogP contribution in [0, 0.1) is 0 Å². The van der Waals surface area contributed by atoms with Gasteiger partial charge in [-0.2, -0.15) is 0 Å². The van der Waals surface area contributed by atoms with Gasteiger partial charge in [0.2, 0.25) is 0 Å². The SMILES string of the molecule is CNC(C)(CCCCOc1cccc(COC)c1)C(=O)O. The molecular formula is C16H25NO4. The number of benzene rings is 1. The fourth-order valence-electron chi connectivity index (χ4n) is 2.00. The minimum Gasteiger partial charge on any atom is -0.494 e. The third-order valence-electron chi connectivity index (χ3n) is 3.57. The molecule has 0 aliphatic heterocycles. The Kier molecular flexibility index (Phi) is 7.19. The van der Waals surface area contributed by atoms with E-state index in [-0.39, 0.29) is 0 Å². The minimum absolute atomic E-state index is 0.566. The van der Waals surface area contributed by atoms with Crippen LogP contribution >= 0.6 is 0 Å². The zero-order valence-corrected chi connectivity index (χ0v) is 13.0. The summed E-state index contributed by atoms with van der Waals surface area (Å²) in [5.41, 5.74) is 0.210. The van der Waals surface area contributed by atoms with Gasteiger partial charge in [0.1, 0.15) is 11.3 Å². The molecule has 0 aliphatic rings. The van der Waals surface area contributed by atoms with Crippen LogP contribution in [-0.2, 0) is 16.1 Å². The number of hydrogen-bond acceptors (Lipinski definition) is 4. The number of carbonyl (C=O) groups is 1. The molecule has 1 unspecified atom stereocenters. The van der Waals surface area contributed by atoms with Crippen LogP contribution < -0.4 is 10.1 Å². The summed E-state index contributed by atoms with van der Waals surface area (Å²) >= 11 is 0. The maximum atomic E-state index is 11.1. The van der Waals surface area contributed by atoms with Crippen molar-refractivity contribution in [2.24, 2.45) is 0 Å². The van der Waals surface area contributed by atoms with Crippen LogP contribution in [-0.4, -0.2) is 37.4 Å². The van der Waals surface area contributed by atoms with Crippen molar-refractivity contribution in [3.05, 3.63) is 29.8 Å². The van der Waals surface area contributed by atoms with Crippen LogP contribution in [0.3, 0.4) is 0 Å². The molecule has 118 valence electrons. The molecule has 1 rings (SSSR count). The van der Waals surface area contributed by atoms with Crippen molar-refractivity contribution >= 4 is 5.97 Å². The highest BCUT2D eigenvalue weighted by molar-refractivity contribution is 5.78. The van der Waals surface area contributed by atoms with Crippen LogP contribution in [0.1, 0.15) is 31.7 Å². The summed E-state index contributed by atoms with van der Waals surface area (Å²) in [7, 11) is 3.33. The predicted octanol–water partition coefficient (Wildman–Crippen LogP) is 2.44. The van der Waals surface area contributed by atoms with Gasteiger partial charge in [0.15, 0.2) is 0 Å². The number of nitrogens with one attached hydrogen (secondary N) is 1. The summed E-state index contributed by atoms with van der Waals surface area (Å²) < 4.78 is 10.8. The second-order valence-electron chi connectivity index (χ2n) is 5.27. The molecule has 0 bridgehead atoms. The Labute approximate surface area is 126 Å². The molecule has 5 heteroatoms. The van der Waals surface area contributed by atoms with Gasteiger partial charge in [0, 0.05) is 7.11 Å². The zero-order chi connectivity index (χ0) is 15.7. The van der Waals surface area contributed by atoms with Crippen LogP contribution in [0.5, 0.6) is 5.75 Å².